The fourth-order valence-corrected chi connectivity index (χ4v) is 1.66. The number of hydrogen-bond donors (Lipinski definition) is 3. The summed E-state index contributed by atoms with van der Waals surface area (Å²) in [6, 6.07) is 4.90. The van der Waals surface area contributed by atoms with Gasteiger partial charge in [-0.25, -0.2) is 4.79 Å². The number of carbonyl (C=O) groups excluding carboxylic acids is 1. The van der Waals surface area contributed by atoms with E-state index in [-0.39, 0.29) is 23.6 Å². The van der Waals surface area contributed by atoms with Crippen molar-refractivity contribution >= 4 is 17.6 Å². The lowest BCUT2D eigenvalue weighted by atomic mass is 10.1. The van der Waals surface area contributed by atoms with Crippen molar-refractivity contribution in [2.45, 2.75) is 33.2 Å². The molecule has 0 spiro atoms. The third kappa shape index (κ3) is 4.99. The quantitative estimate of drug-likeness (QED) is 0.777. The number of carboxylic acids is 1. The van der Waals surface area contributed by atoms with Crippen LogP contribution in [0.5, 0.6) is 0 Å². The van der Waals surface area contributed by atoms with Gasteiger partial charge >= 0.3 is 5.97 Å². The number of carboxylic acid groups (broad SMARTS) is 1. The fourth-order valence-electron chi connectivity index (χ4n) is 1.66. The van der Waals surface area contributed by atoms with Crippen LogP contribution in [0.15, 0.2) is 18.2 Å². The highest BCUT2D eigenvalue weighted by atomic mass is 16.4. The Hall–Kier alpha value is -2.04. The van der Waals surface area contributed by atoms with Crippen LogP contribution in [0.1, 0.15) is 36.7 Å². The normalized spacial score (nSPS) is 10.9. The molecule has 0 bridgehead atoms. The highest BCUT2D eigenvalue weighted by molar-refractivity contribution is 5.90. The van der Waals surface area contributed by atoms with Crippen LogP contribution in [0, 0.1) is 6.92 Å². The zero-order valence-corrected chi connectivity index (χ0v) is 11.7. The second-order valence-corrected chi connectivity index (χ2v) is 5.49. The summed E-state index contributed by atoms with van der Waals surface area (Å²) in [5.41, 5.74) is 1.40. The van der Waals surface area contributed by atoms with Gasteiger partial charge < -0.3 is 15.7 Å². The Labute approximate surface area is 113 Å². The molecule has 1 amide bonds. The van der Waals surface area contributed by atoms with Gasteiger partial charge in [-0.15, -0.1) is 0 Å². The summed E-state index contributed by atoms with van der Waals surface area (Å²) in [7, 11) is 0. The molecule has 0 aromatic heterocycles. The van der Waals surface area contributed by atoms with E-state index in [4.69, 9.17) is 5.11 Å². The zero-order chi connectivity index (χ0) is 14.6. The molecule has 0 saturated heterocycles. The molecular formula is C14H20N2O3. The van der Waals surface area contributed by atoms with Gasteiger partial charge in [0.2, 0.25) is 5.91 Å². The number of rotatable bonds is 4. The largest absolute Gasteiger partial charge is 0.478 e. The van der Waals surface area contributed by atoms with Crippen LogP contribution in [-0.2, 0) is 4.79 Å². The van der Waals surface area contributed by atoms with E-state index >= 15 is 0 Å². The van der Waals surface area contributed by atoms with E-state index in [2.05, 4.69) is 10.6 Å². The first kappa shape index (κ1) is 15.0. The molecule has 0 atom stereocenters. The standard InChI is InChI=1S/C14H20N2O3/c1-9-7-10(5-6-11(9)13(18)19)15-8-12(17)16-14(2,3)4/h5-7,15H,8H2,1-4H3,(H,16,17)(H,18,19). The lowest BCUT2D eigenvalue weighted by molar-refractivity contribution is -0.120. The van der Waals surface area contributed by atoms with Crippen LogP contribution in [0.4, 0.5) is 5.69 Å². The van der Waals surface area contributed by atoms with Crippen LogP contribution in [-0.4, -0.2) is 29.1 Å². The van der Waals surface area contributed by atoms with Crippen molar-refractivity contribution in [2.75, 3.05) is 11.9 Å². The number of benzene rings is 1. The SMILES string of the molecule is Cc1cc(NCC(=O)NC(C)(C)C)ccc1C(=O)O. The minimum Gasteiger partial charge on any atom is -0.478 e. The smallest absolute Gasteiger partial charge is 0.335 e. The zero-order valence-electron chi connectivity index (χ0n) is 11.7. The van der Waals surface area contributed by atoms with Crippen LogP contribution in [0.25, 0.3) is 0 Å². The summed E-state index contributed by atoms with van der Waals surface area (Å²) in [5.74, 6) is -1.05. The van der Waals surface area contributed by atoms with Crippen molar-refractivity contribution in [3.63, 3.8) is 0 Å². The molecule has 0 unspecified atom stereocenters. The number of hydrogen-bond acceptors (Lipinski definition) is 3. The van der Waals surface area contributed by atoms with Crippen molar-refractivity contribution in [2.24, 2.45) is 0 Å². The lowest BCUT2D eigenvalue weighted by Gasteiger charge is -2.20. The van der Waals surface area contributed by atoms with Gasteiger partial charge in [0, 0.05) is 11.2 Å². The molecule has 0 aliphatic heterocycles. The molecule has 3 N–H and O–H groups in total. The molecule has 1 aromatic rings. The monoisotopic (exact) mass is 264 g/mol. The molecule has 1 aromatic carbocycles. The Morgan fingerprint density at radius 1 is 1.26 bits per heavy atom. The van der Waals surface area contributed by atoms with Crippen molar-refractivity contribution in [1.29, 1.82) is 0 Å². The van der Waals surface area contributed by atoms with Gasteiger partial charge in [-0.2, -0.15) is 0 Å². The maximum absolute atomic E-state index is 11.6. The first-order valence-corrected chi connectivity index (χ1v) is 6.08. The summed E-state index contributed by atoms with van der Waals surface area (Å²) in [6.45, 7) is 7.62. The van der Waals surface area contributed by atoms with Crippen LogP contribution < -0.4 is 10.6 Å². The Balaban J connectivity index is 2.62. The maximum atomic E-state index is 11.6. The fraction of sp³-hybridized carbons (Fsp3) is 0.429. The highest BCUT2D eigenvalue weighted by Crippen LogP contribution is 2.15. The molecule has 0 fully saturated rings. The number of amides is 1. The second-order valence-electron chi connectivity index (χ2n) is 5.49. The van der Waals surface area contributed by atoms with Gasteiger partial charge in [0.15, 0.2) is 0 Å². The molecule has 19 heavy (non-hydrogen) atoms. The molecule has 0 heterocycles. The van der Waals surface area contributed by atoms with E-state index < -0.39 is 5.97 Å². The Morgan fingerprint density at radius 2 is 1.89 bits per heavy atom. The summed E-state index contributed by atoms with van der Waals surface area (Å²) < 4.78 is 0. The molecule has 104 valence electrons. The van der Waals surface area contributed by atoms with E-state index in [1.165, 1.54) is 6.07 Å². The van der Waals surface area contributed by atoms with Gasteiger partial charge in [-0.05, 0) is 51.5 Å². The Kier molecular flexibility index (Phi) is 4.53. The molecule has 5 nitrogen and oxygen atoms in total. The molecule has 0 radical (unpaired) electrons. The number of nitrogens with one attached hydrogen (secondary N) is 2. The van der Waals surface area contributed by atoms with Gasteiger partial charge in [-0.3, -0.25) is 4.79 Å². The summed E-state index contributed by atoms with van der Waals surface area (Å²) >= 11 is 0. The predicted octanol–water partition coefficient (Wildman–Crippen LogP) is 2.02. The Morgan fingerprint density at radius 3 is 2.37 bits per heavy atom. The van der Waals surface area contributed by atoms with E-state index in [1.54, 1.807) is 19.1 Å². The topological polar surface area (TPSA) is 78.4 Å². The molecule has 0 aliphatic rings. The van der Waals surface area contributed by atoms with Crippen molar-refractivity contribution in [3.8, 4) is 0 Å². The Bertz CT molecular complexity index is 490. The van der Waals surface area contributed by atoms with E-state index in [1.807, 2.05) is 20.8 Å². The first-order chi connectivity index (χ1) is 8.69. The van der Waals surface area contributed by atoms with E-state index in [0.29, 0.717) is 5.56 Å². The number of aryl methyl sites for hydroxylation is 1. The van der Waals surface area contributed by atoms with E-state index in [9.17, 15) is 9.59 Å². The van der Waals surface area contributed by atoms with E-state index in [0.717, 1.165) is 5.69 Å². The van der Waals surface area contributed by atoms with Crippen molar-refractivity contribution in [3.05, 3.63) is 29.3 Å². The summed E-state index contributed by atoms with van der Waals surface area (Å²) in [4.78, 5) is 22.5. The van der Waals surface area contributed by atoms with Crippen LogP contribution >= 0.6 is 0 Å². The second kappa shape index (κ2) is 5.73. The number of aromatic carboxylic acids is 1. The van der Waals surface area contributed by atoms with Gasteiger partial charge in [0.05, 0.1) is 12.1 Å². The number of anilines is 1. The minimum atomic E-state index is -0.950. The molecular weight excluding hydrogens is 244 g/mol. The third-order valence-electron chi connectivity index (χ3n) is 2.42. The minimum absolute atomic E-state index is 0.104. The molecule has 0 aliphatic carbocycles. The van der Waals surface area contributed by atoms with Crippen molar-refractivity contribution < 1.29 is 14.7 Å². The summed E-state index contributed by atoms with van der Waals surface area (Å²) in [6.07, 6.45) is 0. The van der Waals surface area contributed by atoms with Gasteiger partial charge in [0.1, 0.15) is 0 Å². The average molecular weight is 264 g/mol. The molecule has 0 saturated carbocycles. The van der Waals surface area contributed by atoms with Crippen LogP contribution in [0.3, 0.4) is 0 Å². The lowest BCUT2D eigenvalue weighted by Crippen LogP contribution is -2.43. The predicted molar refractivity (Wildman–Crippen MR) is 74.5 cm³/mol. The number of carbonyl (C=O) groups is 2. The maximum Gasteiger partial charge on any atom is 0.335 e. The van der Waals surface area contributed by atoms with Gasteiger partial charge in [0.25, 0.3) is 0 Å². The molecule has 1 rings (SSSR count). The third-order valence-corrected chi connectivity index (χ3v) is 2.42. The van der Waals surface area contributed by atoms with Crippen molar-refractivity contribution in [1.82, 2.24) is 5.32 Å². The summed E-state index contributed by atoms with van der Waals surface area (Å²) in [5, 5.41) is 14.7. The van der Waals surface area contributed by atoms with Crippen LogP contribution in [0.2, 0.25) is 0 Å². The van der Waals surface area contributed by atoms with Gasteiger partial charge in [-0.1, -0.05) is 0 Å². The highest BCUT2D eigenvalue weighted by Gasteiger charge is 2.13. The average Bonchev–Trinajstić information content (AvgIpc) is 2.23. The molecule has 5 heteroatoms. The first-order valence-electron chi connectivity index (χ1n) is 6.08.